The summed E-state index contributed by atoms with van der Waals surface area (Å²) in [6.45, 7) is 3.15. The molecule has 0 bridgehead atoms. The van der Waals surface area contributed by atoms with E-state index < -0.39 is 30.1 Å². The van der Waals surface area contributed by atoms with Crippen LogP contribution in [0.25, 0.3) is 0 Å². The van der Waals surface area contributed by atoms with Crippen molar-refractivity contribution in [2.45, 2.75) is 26.3 Å². The van der Waals surface area contributed by atoms with Gasteiger partial charge in [0.1, 0.15) is 11.4 Å². The summed E-state index contributed by atoms with van der Waals surface area (Å²) in [5, 5.41) is 7.93. The number of alkyl halides is 5. The minimum Gasteiger partial charge on any atom is -0.433 e. The topological polar surface area (TPSA) is 94.7 Å². The number of carbonyl (C=O) groups excluding carboxylic acids is 1. The highest BCUT2D eigenvalue weighted by atomic mass is 19.4. The van der Waals surface area contributed by atoms with Crippen molar-refractivity contribution in [1.82, 2.24) is 20.2 Å². The summed E-state index contributed by atoms with van der Waals surface area (Å²) < 4.78 is 72.7. The van der Waals surface area contributed by atoms with Gasteiger partial charge < -0.3 is 30.5 Å². The number of benzene rings is 2. The van der Waals surface area contributed by atoms with E-state index in [-0.39, 0.29) is 35.2 Å². The standard InChI is InChI=1S/C26H26F5N7O2/c1-2-37-8-10-38(11-9-37)16-6-7-18(20(12-16)40-24(27)28)35-25-33-14-17(26(29,30)31)22(36-25)34-19-5-3-4-15-13-32-23(39)21(15)19/h3-7,12,14,24H,2,8-11,13H2,1H3,(H,32,39)(H2,33,34,35,36). The molecule has 1 fully saturated rings. The maximum Gasteiger partial charge on any atom is 0.421 e. The fourth-order valence-corrected chi connectivity index (χ4v) is 4.70. The van der Waals surface area contributed by atoms with Crippen LogP contribution in [0, 0.1) is 0 Å². The lowest BCUT2D eigenvalue weighted by atomic mass is 10.1. The fourth-order valence-electron chi connectivity index (χ4n) is 4.70. The molecule has 3 heterocycles. The number of nitrogens with one attached hydrogen (secondary N) is 3. The number of piperazine rings is 1. The van der Waals surface area contributed by atoms with Crippen LogP contribution < -0.4 is 25.6 Å². The average Bonchev–Trinajstić information content (AvgIpc) is 3.30. The molecule has 0 saturated carbocycles. The van der Waals surface area contributed by atoms with Crippen molar-refractivity contribution >= 4 is 34.7 Å². The third kappa shape index (κ3) is 5.86. The Morgan fingerprint density at radius 1 is 1.07 bits per heavy atom. The summed E-state index contributed by atoms with van der Waals surface area (Å²) in [6.07, 6.45) is -4.23. The van der Waals surface area contributed by atoms with Gasteiger partial charge >= 0.3 is 12.8 Å². The lowest BCUT2D eigenvalue weighted by molar-refractivity contribution is -0.137. The van der Waals surface area contributed by atoms with Gasteiger partial charge in [0, 0.05) is 50.7 Å². The first kappa shape index (κ1) is 27.4. The Morgan fingerprint density at radius 3 is 2.55 bits per heavy atom. The SMILES string of the molecule is CCN1CCN(c2ccc(Nc3ncc(C(F)(F)F)c(Nc4cccc5c4C(=O)NC5)n3)c(OC(F)F)c2)CC1. The fraction of sp³-hybridized carbons (Fsp3) is 0.346. The number of nitrogens with zero attached hydrogens (tertiary/aromatic N) is 4. The number of ether oxygens (including phenoxy) is 1. The monoisotopic (exact) mass is 563 g/mol. The van der Waals surface area contributed by atoms with Gasteiger partial charge in [-0.3, -0.25) is 4.79 Å². The van der Waals surface area contributed by atoms with Crippen LogP contribution in [0.3, 0.4) is 0 Å². The molecule has 0 aliphatic carbocycles. The molecular weight excluding hydrogens is 537 g/mol. The number of aromatic nitrogens is 2. The lowest BCUT2D eigenvalue weighted by Gasteiger charge is -2.35. The number of carbonyl (C=O) groups is 1. The zero-order valence-corrected chi connectivity index (χ0v) is 21.4. The Labute approximate surface area is 226 Å². The Kier molecular flexibility index (Phi) is 7.61. The molecule has 1 aromatic heterocycles. The van der Waals surface area contributed by atoms with Crippen LogP contribution in [0.5, 0.6) is 5.75 Å². The maximum atomic E-state index is 13.8. The van der Waals surface area contributed by atoms with Gasteiger partial charge in [0.2, 0.25) is 5.95 Å². The zero-order valence-electron chi connectivity index (χ0n) is 21.4. The van der Waals surface area contributed by atoms with Crippen molar-refractivity contribution in [3.05, 3.63) is 59.3 Å². The number of likely N-dealkylation sites (N-methyl/N-ethyl adjacent to an activating group) is 1. The summed E-state index contributed by atoms with van der Waals surface area (Å²) in [4.78, 5) is 24.3. The Bertz CT molecular complexity index is 1390. The second-order valence-corrected chi connectivity index (χ2v) is 9.21. The molecule has 3 aromatic rings. The molecular formula is C26H26F5N7O2. The molecule has 1 amide bonds. The van der Waals surface area contributed by atoms with Gasteiger partial charge in [-0.25, -0.2) is 4.98 Å². The largest absolute Gasteiger partial charge is 0.433 e. The van der Waals surface area contributed by atoms with Gasteiger partial charge in [0.15, 0.2) is 5.75 Å². The van der Waals surface area contributed by atoms with Crippen LogP contribution in [-0.2, 0) is 12.7 Å². The highest BCUT2D eigenvalue weighted by molar-refractivity contribution is 6.04. The van der Waals surface area contributed by atoms with Gasteiger partial charge in [0.05, 0.1) is 16.9 Å². The third-order valence-corrected chi connectivity index (χ3v) is 6.78. The van der Waals surface area contributed by atoms with E-state index in [4.69, 9.17) is 4.74 Å². The first-order chi connectivity index (χ1) is 19.1. The first-order valence-corrected chi connectivity index (χ1v) is 12.6. The highest BCUT2D eigenvalue weighted by Gasteiger charge is 2.36. The van der Waals surface area contributed by atoms with Crippen molar-refractivity contribution in [2.75, 3.05) is 48.3 Å². The van der Waals surface area contributed by atoms with E-state index in [2.05, 4.69) is 37.7 Å². The van der Waals surface area contributed by atoms with E-state index in [0.717, 1.165) is 19.6 Å². The second-order valence-electron chi connectivity index (χ2n) is 9.21. The molecule has 14 heteroatoms. The summed E-state index contributed by atoms with van der Waals surface area (Å²) >= 11 is 0. The summed E-state index contributed by atoms with van der Waals surface area (Å²) in [7, 11) is 0. The predicted octanol–water partition coefficient (Wildman–Crippen LogP) is 4.97. The molecule has 2 aliphatic rings. The van der Waals surface area contributed by atoms with Crippen LogP contribution in [0.2, 0.25) is 0 Å². The molecule has 0 atom stereocenters. The number of fused-ring (bicyclic) bond motifs is 1. The van der Waals surface area contributed by atoms with Crippen molar-refractivity contribution in [3.63, 3.8) is 0 Å². The molecule has 40 heavy (non-hydrogen) atoms. The van der Waals surface area contributed by atoms with Crippen LogP contribution in [-0.4, -0.2) is 60.1 Å². The van der Waals surface area contributed by atoms with E-state index >= 15 is 0 Å². The van der Waals surface area contributed by atoms with Crippen molar-refractivity contribution in [2.24, 2.45) is 0 Å². The van der Waals surface area contributed by atoms with Crippen LogP contribution in [0.1, 0.15) is 28.4 Å². The molecule has 212 valence electrons. The molecule has 3 N–H and O–H groups in total. The highest BCUT2D eigenvalue weighted by Crippen LogP contribution is 2.38. The van der Waals surface area contributed by atoms with Crippen molar-refractivity contribution in [1.29, 1.82) is 0 Å². The Hall–Kier alpha value is -4.20. The molecule has 1 saturated heterocycles. The molecule has 5 rings (SSSR count). The average molecular weight is 564 g/mol. The predicted molar refractivity (Wildman–Crippen MR) is 139 cm³/mol. The van der Waals surface area contributed by atoms with Crippen LogP contribution in [0.15, 0.2) is 42.6 Å². The number of halogens is 5. The molecule has 0 spiro atoms. The Balaban J connectivity index is 1.45. The normalized spacial score (nSPS) is 15.7. The number of anilines is 5. The number of hydrogen-bond acceptors (Lipinski definition) is 8. The lowest BCUT2D eigenvalue weighted by Crippen LogP contribution is -2.46. The van der Waals surface area contributed by atoms with Crippen molar-refractivity contribution < 1.29 is 31.5 Å². The van der Waals surface area contributed by atoms with Gasteiger partial charge in [-0.1, -0.05) is 19.1 Å². The third-order valence-electron chi connectivity index (χ3n) is 6.78. The molecule has 9 nitrogen and oxygen atoms in total. The zero-order chi connectivity index (χ0) is 28.4. The van der Waals surface area contributed by atoms with Crippen molar-refractivity contribution in [3.8, 4) is 5.75 Å². The smallest absolute Gasteiger partial charge is 0.421 e. The Morgan fingerprint density at radius 2 is 1.85 bits per heavy atom. The summed E-state index contributed by atoms with van der Waals surface area (Å²) in [6, 6.07) is 9.40. The maximum absolute atomic E-state index is 13.8. The summed E-state index contributed by atoms with van der Waals surface area (Å²) in [5.74, 6) is -1.54. The summed E-state index contributed by atoms with van der Waals surface area (Å²) in [5.41, 5.74) is 0.523. The van der Waals surface area contributed by atoms with Crippen LogP contribution in [0.4, 0.5) is 50.8 Å². The van der Waals surface area contributed by atoms with E-state index in [1.165, 1.54) is 18.2 Å². The van der Waals surface area contributed by atoms with Gasteiger partial charge in [0.25, 0.3) is 5.91 Å². The van der Waals surface area contributed by atoms with E-state index in [0.29, 0.717) is 30.5 Å². The van der Waals surface area contributed by atoms with Crippen LogP contribution >= 0.6 is 0 Å². The van der Waals surface area contributed by atoms with Gasteiger partial charge in [-0.15, -0.1) is 0 Å². The minimum absolute atomic E-state index is 0.0435. The molecule has 0 unspecified atom stereocenters. The van der Waals surface area contributed by atoms with E-state index in [1.807, 2.05) is 4.90 Å². The molecule has 2 aromatic carbocycles. The van der Waals surface area contributed by atoms with E-state index in [9.17, 15) is 26.7 Å². The minimum atomic E-state index is -4.81. The number of amides is 1. The number of rotatable bonds is 8. The van der Waals surface area contributed by atoms with Gasteiger partial charge in [-0.05, 0) is 30.3 Å². The first-order valence-electron chi connectivity index (χ1n) is 12.6. The molecule has 2 aliphatic heterocycles. The number of hydrogen-bond donors (Lipinski definition) is 3. The molecule has 0 radical (unpaired) electrons. The van der Waals surface area contributed by atoms with E-state index in [1.54, 1.807) is 18.2 Å². The van der Waals surface area contributed by atoms with Gasteiger partial charge in [-0.2, -0.15) is 26.9 Å². The second kappa shape index (κ2) is 11.1. The quantitative estimate of drug-likeness (QED) is 0.331.